The highest BCUT2D eigenvalue weighted by Gasteiger charge is 2.22. The largest absolute Gasteiger partial charge is 0.336 e. The van der Waals surface area contributed by atoms with Crippen LogP contribution in [-0.2, 0) is 0 Å². The molecule has 2 aromatic rings. The van der Waals surface area contributed by atoms with Crippen molar-refractivity contribution in [2.24, 2.45) is 0 Å². The fraction of sp³-hybridized carbons (Fsp3) is 0.286. The number of hydrogen-bond acceptors (Lipinski definition) is 4. The number of amides is 2. The molecule has 2 aromatic carbocycles. The zero-order valence-corrected chi connectivity index (χ0v) is 16.9. The zero-order chi connectivity index (χ0) is 20.1. The molecule has 0 aliphatic carbocycles. The lowest BCUT2D eigenvalue weighted by molar-refractivity contribution is 0.0665. The molecule has 2 N–H and O–H groups in total. The van der Waals surface area contributed by atoms with Crippen LogP contribution in [0.4, 0.5) is 5.69 Å². The van der Waals surface area contributed by atoms with Gasteiger partial charge in [0.25, 0.3) is 11.8 Å². The van der Waals surface area contributed by atoms with E-state index in [-0.39, 0.29) is 16.9 Å². The molecule has 0 unspecified atom stereocenters. The van der Waals surface area contributed by atoms with Gasteiger partial charge in [0.2, 0.25) is 0 Å². The number of para-hydroxylation sites is 1. The molecule has 6 nitrogen and oxygen atoms in total. The molecule has 2 amide bonds. The molecule has 3 rings (SSSR count). The predicted molar refractivity (Wildman–Crippen MR) is 115 cm³/mol. The first-order chi connectivity index (χ1) is 13.4. The maximum atomic E-state index is 12.9. The molecule has 28 heavy (non-hydrogen) atoms. The molecule has 1 fully saturated rings. The maximum Gasteiger partial charge on any atom is 0.257 e. The van der Waals surface area contributed by atoms with Crippen molar-refractivity contribution in [3.8, 4) is 0 Å². The maximum absolute atomic E-state index is 12.9. The number of benzene rings is 2. The van der Waals surface area contributed by atoms with Crippen LogP contribution in [0.2, 0.25) is 0 Å². The van der Waals surface area contributed by atoms with Crippen LogP contribution in [0.15, 0.2) is 48.5 Å². The average Bonchev–Trinajstić information content (AvgIpc) is 2.69. The summed E-state index contributed by atoms with van der Waals surface area (Å²) in [6.07, 6.45) is 0. The van der Waals surface area contributed by atoms with Crippen LogP contribution < -0.4 is 10.6 Å². The minimum absolute atomic E-state index is 0.0381. The third-order valence-corrected chi connectivity index (χ3v) is 4.94. The number of carbonyl (C=O) groups is 2. The quantitative estimate of drug-likeness (QED) is 0.781. The summed E-state index contributed by atoms with van der Waals surface area (Å²) < 4.78 is 0. The van der Waals surface area contributed by atoms with Crippen LogP contribution in [-0.4, -0.2) is 60.0 Å². The smallest absolute Gasteiger partial charge is 0.257 e. The van der Waals surface area contributed by atoms with E-state index in [1.54, 1.807) is 24.3 Å². The Kier molecular flexibility index (Phi) is 6.38. The summed E-state index contributed by atoms with van der Waals surface area (Å²) in [6, 6.07) is 14.4. The fourth-order valence-corrected chi connectivity index (χ4v) is 3.19. The van der Waals surface area contributed by atoms with Crippen molar-refractivity contribution in [1.82, 2.24) is 15.1 Å². The van der Waals surface area contributed by atoms with Gasteiger partial charge in [-0.15, -0.1) is 0 Å². The standard InChI is InChI=1S/C21H24N4O2S/c1-15-7-9-16(10-8-15)19(26)23-21(28)22-18-6-4-3-5-17(18)20(27)25-13-11-24(2)12-14-25/h3-10H,11-14H2,1-2H3,(H2,22,23,26,28). The van der Waals surface area contributed by atoms with Crippen LogP contribution >= 0.6 is 12.2 Å². The molecule has 1 saturated heterocycles. The molecule has 0 spiro atoms. The number of carbonyl (C=O) groups excluding carboxylic acids is 2. The van der Waals surface area contributed by atoms with E-state index in [4.69, 9.17) is 12.2 Å². The van der Waals surface area contributed by atoms with Crippen LogP contribution in [0.3, 0.4) is 0 Å². The highest BCUT2D eigenvalue weighted by molar-refractivity contribution is 7.80. The predicted octanol–water partition coefficient (Wildman–Crippen LogP) is 2.51. The van der Waals surface area contributed by atoms with E-state index in [9.17, 15) is 9.59 Å². The number of nitrogens with zero attached hydrogens (tertiary/aromatic N) is 2. The highest BCUT2D eigenvalue weighted by Crippen LogP contribution is 2.18. The minimum Gasteiger partial charge on any atom is -0.336 e. The lowest BCUT2D eigenvalue weighted by Crippen LogP contribution is -2.47. The van der Waals surface area contributed by atoms with Gasteiger partial charge < -0.3 is 15.1 Å². The Balaban J connectivity index is 1.67. The van der Waals surface area contributed by atoms with Crippen LogP contribution in [0, 0.1) is 6.92 Å². The Morgan fingerprint density at radius 1 is 0.964 bits per heavy atom. The number of aryl methyl sites for hydroxylation is 1. The van der Waals surface area contributed by atoms with Crippen LogP contribution in [0.25, 0.3) is 0 Å². The van der Waals surface area contributed by atoms with Gasteiger partial charge in [0.1, 0.15) is 0 Å². The first-order valence-corrected chi connectivity index (χ1v) is 9.61. The molecule has 0 atom stereocenters. The number of anilines is 1. The van der Waals surface area contributed by atoms with Crippen molar-refractivity contribution in [2.45, 2.75) is 6.92 Å². The van der Waals surface area contributed by atoms with Gasteiger partial charge in [0.15, 0.2) is 5.11 Å². The van der Waals surface area contributed by atoms with Gasteiger partial charge in [-0.3, -0.25) is 14.9 Å². The normalized spacial score (nSPS) is 14.4. The topological polar surface area (TPSA) is 64.7 Å². The van der Waals surface area contributed by atoms with Crippen molar-refractivity contribution in [3.05, 3.63) is 65.2 Å². The van der Waals surface area contributed by atoms with Gasteiger partial charge in [-0.25, -0.2) is 0 Å². The van der Waals surface area contributed by atoms with Gasteiger partial charge in [-0.2, -0.15) is 0 Å². The number of piperazine rings is 1. The second-order valence-electron chi connectivity index (χ2n) is 6.92. The second-order valence-corrected chi connectivity index (χ2v) is 7.32. The number of thiocarbonyl (C=S) groups is 1. The van der Waals surface area contributed by atoms with E-state index >= 15 is 0 Å². The van der Waals surface area contributed by atoms with E-state index in [0.29, 0.717) is 29.9 Å². The summed E-state index contributed by atoms with van der Waals surface area (Å²) in [6.45, 7) is 5.05. The number of hydrogen-bond donors (Lipinski definition) is 2. The summed E-state index contributed by atoms with van der Waals surface area (Å²) in [5.74, 6) is -0.329. The molecule has 1 aliphatic heterocycles. The summed E-state index contributed by atoms with van der Waals surface area (Å²) >= 11 is 5.28. The average molecular weight is 397 g/mol. The van der Waals surface area contributed by atoms with Crippen molar-refractivity contribution >= 4 is 34.8 Å². The van der Waals surface area contributed by atoms with E-state index in [0.717, 1.165) is 18.7 Å². The van der Waals surface area contributed by atoms with E-state index in [1.807, 2.05) is 43.1 Å². The van der Waals surface area contributed by atoms with Crippen molar-refractivity contribution in [2.75, 3.05) is 38.5 Å². The zero-order valence-electron chi connectivity index (χ0n) is 16.1. The van der Waals surface area contributed by atoms with Crippen LogP contribution in [0.5, 0.6) is 0 Å². The lowest BCUT2D eigenvalue weighted by Gasteiger charge is -2.32. The molecule has 7 heteroatoms. The second kappa shape index (κ2) is 8.95. The SMILES string of the molecule is Cc1ccc(C(=O)NC(=S)Nc2ccccc2C(=O)N2CCN(C)CC2)cc1. The monoisotopic (exact) mass is 396 g/mol. The Morgan fingerprint density at radius 2 is 1.61 bits per heavy atom. The Labute approximate surface area is 170 Å². The Hall–Kier alpha value is -2.77. The van der Waals surface area contributed by atoms with E-state index < -0.39 is 0 Å². The van der Waals surface area contributed by atoms with E-state index in [2.05, 4.69) is 15.5 Å². The third-order valence-electron chi connectivity index (χ3n) is 4.74. The third kappa shape index (κ3) is 4.94. The molecule has 0 radical (unpaired) electrons. The summed E-state index contributed by atoms with van der Waals surface area (Å²) in [4.78, 5) is 29.3. The summed E-state index contributed by atoms with van der Waals surface area (Å²) in [7, 11) is 2.05. The van der Waals surface area contributed by atoms with Gasteiger partial charge in [0, 0.05) is 31.7 Å². The number of likely N-dealkylation sites (N-methyl/N-ethyl adjacent to an activating group) is 1. The first kappa shape index (κ1) is 20.0. The Morgan fingerprint density at radius 3 is 2.29 bits per heavy atom. The van der Waals surface area contributed by atoms with Crippen molar-refractivity contribution < 1.29 is 9.59 Å². The minimum atomic E-state index is -0.291. The highest BCUT2D eigenvalue weighted by atomic mass is 32.1. The fourth-order valence-electron chi connectivity index (χ4n) is 2.99. The summed E-state index contributed by atoms with van der Waals surface area (Å²) in [5, 5.41) is 5.82. The van der Waals surface area contributed by atoms with Gasteiger partial charge in [0.05, 0.1) is 11.3 Å². The van der Waals surface area contributed by atoms with Crippen molar-refractivity contribution in [1.29, 1.82) is 0 Å². The van der Waals surface area contributed by atoms with Crippen LogP contribution in [0.1, 0.15) is 26.3 Å². The molecular formula is C21H24N4O2S. The molecule has 1 heterocycles. The molecular weight excluding hydrogens is 372 g/mol. The van der Waals surface area contributed by atoms with Gasteiger partial charge in [-0.05, 0) is 50.5 Å². The molecule has 1 aliphatic rings. The van der Waals surface area contributed by atoms with Gasteiger partial charge in [-0.1, -0.05) is 29.8 Å². The van der Waals surface area contributed by atoms with E-state index in [1.165, 1.54) is 0 Å². The summed E-state index contributed by atoms with van der Waals surface area (Å²) in [5.41, 5.74) is 2.73. The number of nitrogens with one attached hydrogen (secondary N) is 2. The molecule has 146 valence electrons. The first-order valence-electron chi connectivity index (χ1n) is 9.20. The lowest BCUT2D eigenvalue weighted by atomic mass is 10.1. The molecule has 0 saturated carbocycles. The van der Waals surface area contributed by atoms with Gasteiger partial charge >= 0.3 is 0 Å². The molecule has 0 aromatic heterocycles. The number of rotatable bonds is 3. The molecule has 0 bridgehead atoms. The van der Waals surface area contributed by atoms with Crippen molar-refractivity contribution in [3.63, 3.8) is 0 Å². The Bertz CT molecular complexity index is 874.